The number of benzene rings is 1. The Labute approximate surface area is 178 Å². The summed E-state index contributed by atoms with van der Waals surface area (Å²) in [5.41, 5.74) is 0.906. The monoisotopic (exact) mass is 429 g/mol. The van der Waals surface area contributed by atoms with Gasteiger partial charge in [-0.05, 0) is 44.9 Å². The zero-order valence-electron chi connectivity index (χ0n) is 17.5. The van der Waals surface area contributed by atoms with Crippen LogP contribution >= 0.6 is 0 Å². The van der Waals surface area contributed by atoms with Crippen LogP contribution < -0.4 is 5.32 Å². The third kappa shape index (κ3) is 4.57. The molecule has 1 saturated heterocycles. The largest absolute Gasteiger partial charge is 0.465 e. The van der Waals surface area contributed by atoms with Gasteiger partial charge in [-0.3, -0.25) is 19.7 Å². The second-order valence-electron chi connectivity index (χ2n) is 7.31. The summed E-state index contributed by atoms with van der Waals surface area (Å²) < 4.78 is 10.2. The molecule has 1 aliphatic heterocycles. The van der Waals surface area contributed by atoms with E-state index in [0.717, 1.165) is 0 Å². The molecule has 2 aromatic rings. The molecule has 1 aromatic carbocycles. The van der Waals surface area contributed by atoms with Crippen molar-refractivity contribution in [2.24, 2.45) is 0 Å². The predicted octanol–water partition coefficient (Wildman–Crippen LogP) is 2.51. The molecule has 1 aromatic heterocycles. The minimum Gasteiger partial charge on any atom is -0.465 e. The Morgan fingerprint density at radius 3 is 2.68 bits per heavy atom. The number of likely N-dealkylation sites (tertiary alicyclic amines) is 1. The third-order valence-electron chi connectivity index (χ3n) is 5.27. The number of hydrogen-bond donors (Lipinski definition) is 1. The fraction of sp³-hybridized carbons (Fsp3) is 0.381. The predicted molar refractivity (Wildman–Crippen MR) is 109 cm³/mol. The van der Waals surface area contributed by atoms with E-state index in [1.54, 1.807) is 13.8 Å². The zero-order valence-corrected chi connectivity index (χ0v) is 17.5. The Kier molecular flexibility index (Phi) is 6.38. The molecule has 1 N–H and O–H groups in total. The average molecular weight is 429 g/mol. The number of esters is 1. The molecule has 1 fully saturated rings. The van der Waals surface area contributed by atoms with Crippen molar-refractivity contribution in [3.05, 3.63) is 62.6 Å². The second kappa shape index (κ2) is 8.99. The Morgan fingerprint density at radius 1 is 1.29 bits per heavy atom. The molecular formula is C21H23N3O7. The lowest BCUT2D eigenvalue weighted by molar-refractivity contribution is -0.385. The molecule has 2 amide bonds. The van der Waals surface area contributed by atoms with Crippen LogP contribution in [0.1, 0.15) is 50.6 Å². The lowest BCUT2D eigenvalue weighted by atomic mass is 10.1. The highest BCUT2D eigenvalue weighted by molar-refractivity contribution is 5.98. The van der Waals surface area contributed by atoms with Crippen molar-refractivity contribution in [3.63, 3.8) is 0 Å². The standard InChI is InChI=1S/C21H23N3O7/c1-12-9-14(6-7-17(12)24(28)29)20(26)23-8-4-5-18(23)19(25)22-11-15-10-16(13(2)31-15)21(27)30-3/h6-7,9-10,18H,4-5,8,11H2,1-3H3,(H,22,25). The molecule has 2 heterocycles. The van der Waals surface area contributed by atoms with Crippen LogP contribution in [0.3, 0.4) is 0 Å². The number of methoxy groups -OCH3 is 1. The second-order valence-corrected chi connectivity index (χ2v) is 7.31. The lowest BCUT2D eigenvalue weighted by Gasteiger charge is -2.24. The number of nitro groups is 1. The van der Waals surface area contributed by atoms with Crippen LogP contribution in [0.25, 0.3) is 0 Å². The van der Waals surface area contributed by atoms with Gasteiger partial charge in [0.25, 0.3) is 11.6 Å². The van der Waals surface area contributed by atoms with Crippen LogP contribution in [0.15, 0.2) is 28.7 Å². The molecule has 10 heteroatoms. The van der Waals surface area contributed by atoms with Crippen molar-refractivity contribution in [2.45, 2.75) is 39.3 Å². The Hall–Kier alpha value is -3.69. The van der Waals surface area contributed by atoms with Crippen molar-refractivity contribution >= 4 is 23.5 Å². The Bertz CT molecular complexity index is 1040. The Morgan fingerprint density at radius 2 is 2.03 bits per heavy atom. The van der Waals surface area contributed by atoms with Gasteiger partial charge in [0.1, 0.15) is 23.1 Å². The minimum absolute atomic E-state index is 0.0613. The summed E-state index contributed by atoms with van der Waals surface area (Å²) in [7, 11) is 1.27. The molecule has 31 heavy (non-hydrogen) atoms. The summed E-state index contributed by atoms with van der Waals surface area (Å²) in [6.07, 6.45) is 1.18. The number of ether oxygens (including phenoxy) is 1. The highest BCUT2D eigenvalue weighted by Crippen LogP contribution is 2.24. The number of hydrogen-bond acceptors (Lipinski definition) is 7. The van der Waals surface area contributed by atoms with Crippen LogP contribution in [-0.2, 0) is 16.1 Å². The van der Waals surface area contributed by atoms with Gasteiger partial charge in [0.2, 0.25) is 5.91 Å². The van der Waals surface area contributed by atoms with Gasteiger partial charge < -0.3 is 19.4 Å². The first kappa shape index (κ1) is 22.0. The van der Waals surface area contributed by atoms with E-state index in [1.807, 2.05) is 0 Å². The lowest BCUT2D eigenvalue weighted by Crippen LogP contribution is -2.45. The Balaban J connectivity index is 1.68. The minimum atomic E-state index is -0.654. The molecule has 0 saturated carbocycles. The van der Waals surface area contributed by atoms with E-state index >= 15 is 0 Å². The third-order valence-corrected chi connectivity index (χ3v) is 5.27. The van der Waals surface area contributed by atoms with E-state index in [4.69, 9.17) is 4.42 Å². The maximum atomic E-state index is 12.9. The fourth-order valence-electron chi connectivity index (χ4n) is 3.68. The summed E-state index contributed by atoms with van der Waals surface area (Å²) in [5.74, 6) is -0.421. The topological polar surface area (TPSA) is 132 Å². The van der Waals surface area contributed by atoms with Crippen molar-refractivity contribution in [2.75, 3.05) is 13.7 Å². The normalized spacial score (nSPS) is 15.6. The first-order valence-corrected chi connectivity index (χ1v) is 9.74. The average Bonchev–Trinajstić information content (AvgIpc) is 3.37. The number of nitro benzene ring substituents is 1. The van der Waals surface area contributed by atoms with Gasteiger partial charge in [-0.2, -0.15) is 0 Å². The molecule has 1 unspecified atom stereocenters. The molecule has 10 nitrogen and oxygen atoms in total. The van der Waals surface area contributed by atoms with E-state index in [2.05, 4.69) is 10.1 Å². The molecule has 0 radical (unpaired) electrons. The van der Waals surface area contributed by atoms with E-state index in [1.165, 1.54) is 36.3 Å². The van der Waals surface area contributed by atoms with Gasteiger partial charge in [0, 0.05) is 23.7 Å². The van der Waals surface area contributed by atoms with Gasteiger partial charge in [-0.15, -0.1) is 0 Å². The fourth-order valence-corrected chi connectivity index (χ4v) is 3.68. The molecule has 3 rings (SSSR count). The van der Waals surface area contributed by atoms with E-state index in [0.29, 0.717) is 42.0 Å². The number of aryl methyl sites for hydroxylation is 2. The maximum Gasteiger partial charge on any atom is 0.341 e. The van der Waals surface area contributed by atoms with E-state index in [9.17, 15) is 24.5 Å². The number of carbonyl (C=O) groups is 3. The number of carbonyl (C=O) groups excluding carboxylic acids is 3. The number of nitrogens with zero attached hydrogens (tertiary/aromatic N) is 2. The van der Waals surface area contributed by atoms with Crippen molar-refractivity contribution in [1.29, 1.82) is 0 Å². The van der Waals surface area contributed by atoms with E-state index in [-0.39, 0.29) is 29.6 Å². The van der Waals surface area contributed by atoms with Crippen LogP contribution in [0.2, 0.25) is 0 Å². The van der Waals surface area contributed by atoms with Gasteiger partial charge in [-0.1, -0.05) is 0 Å². The number of furan rings is 1. The smallest absolute Gasteiger partial charge is 0.341 e. The first-order chi connectivity index (χ1) is 14.7. The zero-order chi connectivity index (χ0) is 22.7. The number of amides is 2. The van der Waals surface area contributed by atoms with E-state index < -0.39 is 16.9 Å². The molecule has 1 atom stereocenters. The summed E-state index contributed by atoms with van der Waals surface area (Å²) >= 11 is 0. The maximum absolute atomic E-state index is 12.9. The molecule has 1 aliphatic rings. The summed E-state index contributed by atoms with van der Waals surface area (Å²) in [5, 5.41) is 13.7. The molecule has 0 spiro atoms. The molecular weight excluding hydrogens is 406 g/mol. The van der Waals surface area contributed by atoms with Crippen molar-refractivity contribution < 1.29 is 28.5 Å². The summed E-state index contributed by atoms with van der Waals surface area (Å²) in [6, 6.07) is 5.03. The van der Waals surface area contributed by atoms with Crippen LogP contribution in [0.5, 0.6) is 0 Å². The van der Waals surface area contributed by atoms with Crippen LogP contribution in [0.4, 0.5) is 5.69 Å². The van der Waals surface area contributed by atoms with Crippen molar-refractivity contribution in [3.8, 4) is 0 Å². The SMILES string of the molecule is COC(=O)c1cc(CNC(=O)C2CCCN2C(=O)c2ccc([N+](=O)[O-])c(C)c2)oc1C. The number of rotatable bonds is 6. The molecule has 164 valence electrons. The van der Waals surface area contributed by atoms with Gasteiger partial charge in [0.15, 0.2) is 0 Å². The van der Waals surface area contributed by atoms with Crippen LogP contribution in [0, 0.1) is 24.0 Å². The molecule has 0 bridgehead atoms. The van der Waals surface area contributed by atoms with Gasteiger partial charge in [-0.25, -0.2) is 4.79 Å². The molecule has 0 aliphatic carbocycles. The van der Waals surface area contributed by atoms with Crippen LogP contribution in [-0.4, -0.2) is 47.3 Å². The highest BCUT2D eigenvalue weighted by Gasteiger charge is 2.35. The number of nitrogens with one attached hydrogen (secondary N) is 1. The quantitative estimate of drug-likeness (QED) is 0.424. The summed E-state index contributed by atoms with van der Waals surface area (Å²) in [4.78, 5) is 49.3. The van der Waals surface area contributed by atoms with Gasteiger partial charge in [0.05, 0.1) is 18.6 Å². The van der Waals surface area contributed by atoms with Crippen molar-refractivity contribution in [1.82, 2.24) is 10.2 Å². The summed E-state index contributed by atoms with van der Waals surface area (Å²) in [6.45, 7) is 3.67. The first-order valence-electron chi connectivity index (χ1n) is 9.74. The van der Waals surface area contributed by atoms with Gasteiger partial charge >= 0.3 is 5.97 Å². The highest BCUT2D eigenvalue weighted by atomic mass is 16.6.